The van der Waals surface area contributed by atoms with Gasteiger partial charge in [-0.25, -0.2) is 9.78 Å². The molecule has 0 unspecified atom stereocenters. The normalized spacial score (nSPS) is 11.5. The summed E-state index contributed by atoms with van der Waals surface area (Å²) in [7, 11) is 1.83. The van der Waals surface area contributed by atoms with Gasteiger partial charge in [-0.2, -0.15) is 13.2 Å². The van der Waals surface area contributed by atoms with Crippen molar-refractivity contribution in [3.05, 3.63) is 124 Å². The van der Waals surface area contributed by atoms with Crippen molar-refractivity contribution in [3.63, 3.8) is 0 Å². The van der Waals surface area contributed by atoms with Gasteiger partial charge in [0.2, 0.25) is 5.95 Å². The molecule has 208 valence electrons. The van der Waals surface area contributed by atoms with Gasteiger partial charge in [0.1, 0.15) is 0 Å². The van der Waals surface area contributed by atoms with Crippen LogP contribution in [0.4, 0.5) is 24.8 Å². The molecule has 1 N–H and O–H groups in total. The van der Waals surface area contributed by atoms with Crippen molar-refractivity contribution in [1.82, 2.24) is 9.55 Å². The zero-order valence-electron chi connectivity index (χ0n) is 21.5. The summed E-state index contributed by atoms with van der Waals surface area (Å²) in [6, 6.07) is 24.1. The van der Waals surface area contributed by atoms with Crippen LogP contribution in [-0.2, 0) is 12.7 Å². The van der Waals surface area contributed by atoms with E-state index in [1.165, 1.54) is 6.07 Å². The Hall–Kier alpha value is -4.27. The Labute approximate surface area is 244 Å². The monoisotopic (exact) mass is 595 g/mol. The summed E-state index contributed by atoms with van der Waals surface area (Å²) < 4.78 is 41.5. The average Bonchev–Trinajstić information content (AvgIpc) is 3.35. The number of aromatic carboxylic acids is 1. The molecule has 0 spiro atoms. The third kappa shape index (κ3) is 6.24. The van der Waals surface area contributed by atoms with E-state index in [0.29, 0.717) is 44.9 Å². The van der Waals surface area contributed by atoms with E-state index in [2.05, 4.69) is 0 Å². The van der Waals surface area contributed by atoms with E-state index in [0.717, 1.165) is 23.4 Å². The van der Waals surface area contributed by atoms with Crippen molar-refractivity contribution >= 4 is 40.8 Å². The summed E-state index contributed by atoms with van der Waals surface area (Å²) >= 11 is 12.6. The fourth-order valence-electron chi connectivity index (χ4n) is 4.43. The van der Waals surface area contributed by atoms with Crippen LogP contribution in [0, 0.1) is 0 Å². The van der Waals surface area contributed by atoms with Gasteiger partial charge in [0.05, 0.1) is 28.4 Å². The summed E-state index contributed by atoms with van der Waals surface area (Å²) in [4.78, 5) is 18.0. The highest BCUT2D eigenvalue weighted by molar-refractivity contribution is 6.36. The number of aromatic nitrogens is 2. The largest absolute Gasteiger partial charge is 0.478 e. The number of rotatable bonds is 7. The summed E-state index contributed by atoms with van der Waals surface area (Å²) in [5.41, 5.74) is 3.48. The van der Waals surface area contributed by atoms with Crippen LogP contribution < -0.4 is 4.90 Å². The average molecular weight is 596 g/mol. The lowest BCUT2D eigenvalue weighted by Gasteiger charge is -2.20. The van der Waals surface area contributed by atoms with Gasteiger partial charge < -0.3 is 14.6 Å². The van der Waals surface area contributed by atoms with Crippen LogP contribution in [-0.4, -0.2) is 27.7 Å². The Morgan fingerprint density at radius 3 is 2.27 bits per heavy atom. The van der Waals surface area contributed by atoms with Crippen molar-refractivity contribution in [2.75, 3.05) is 11.9 Å². The molecule has 0 atom stereocenters. The van der Waals surface area contributed by atoms with Crippen LogP contribution >= 0.6 is 23.2 Å². The molecule has 41 heavy (non-hydrogen) atoms. The zero-order chi connectivity index (χ0) is 29.3. The van der Waals surface area contributed by atoms with Gasteiger partial charge in [-0.15, -0.1) is 0 Å². The molecule has 0 saturated heterocycles. The second-order valence-electron chi connectivity index (χ2n) is 9.36. The van der Waals surface area contributed by atoms with Gasteiger partial charge in [0, 0.05) is 29.5 Å². The Bertz CT molecular complexity index is 1720. The van der Waals surface area contributed by atoms with E-state index in [1.807, 2.05) is 34.8 Å². The van der Waals surface area contributed by atoms with E-state index in [9.17, 15) is 23.1 Å². The molecular formula is C31H22Cl2F3N3O2. The maximum absolute atomic E-state index is 13.2. The third-order valence-electron chi connectivity index (χ3n) is 6.59. The molecule has 0 bridgehead atoms. The first-order chi connectivity index (χ1) is 19.5. The lowest BCUT2D eigenvalue weighted by atomic mass is 10.0. The molecule has 1 heterocycles. The van der Waals surface area contributed by atoms with E-state index in [-0.39, 0.29) is 5.56 Å². The van der Waals surface area contributed by atoms with Crippen molar-refractivity contribution in [2.45, 2.75) is 12.7 Å². The second-order valence-corrected chi connectivity index (χ2v) is 10.2. The number of alkyl halides is 3. The Morgan fingerprint density at radius 1 is 0.927 bits per heavy atom. The number of benzene rings is 4. The number of imidazole rings is 1. The fraction of sp³-hybridized carbons (Fsp3) is 0.0968. The Balaban J connectivity index is 1.50. The maximum atomic E-state index is 13.2. The van der Waals surface area contributed by atoms with Crippen LogP contribution in [0.1, 0.15) is 21.5 Å². The highest BCUT2D eigenvalue weighted by atomic mass is 35.5. The molecule has 0 aliphatic rings. The number of halogens is 5. The van der Waals surface area contributed by atoms with Crippen LogP contribution in [0.3, 0.4) is 0 Å². The first-order valence-electron chi connectivity index (χ1n) is 12.4. The first-order valence-corrected chi connectivity index (χ1v) is 13.1. The van der Waals surface area contributed by atoms with Gasteiger partial charge in [-0.1, -0.05) is 59.6 Å². The molecule has 5 rings (SSSR count). The fourth-order valence-corrected chi connectivity index (χ4v) is 4.94. The van der Waals surface area contributed by atoms with Crippen molar-refractivity contribution in [2.24, 2.45) is 0 Å². The minimum atomic E-state index is -4.42. The van der Waals surface area contributed by atoms with Gasteiger partial charge in [-0.05, 0) is 71.3 Å². The molecule has 0 amide bonds. The molecule has 0 saturated carbocycles. The maximum Gasteiger partial charge on any atom is 0.416 e. The van der Waals surface area contributed by atoms with Crippen LogP contribution in [0.15, 0.2) is 97.2 Å². The second kappa shape index (κ2) is 11.3. The molecule has 0 fully saturated rings. The number of carbonyl (C=O) groups is 1. The molecule has 5 nitrogen and oxygen atoms in total. The quantitative estimate of drug-likeness (QED) is 0.204. The number of hydrogen-bond donors (Lipinski definition) is 1. The molecular weight excluding hydrogens is 574 g/mol. The smallest absolute Gasteiger partial charge is 0.416 e. The van der Waals surface area contributed by atoms with Gasteiger partial charge in [0.15, 0.2) is 0 Å². The van der Waals surface area contributed by atoms with E-state index in [1.54, 1.807) is 60.7 Å². The summed E-state index contributed by atoms with van der Waals surface area (Å²) in [6.45, 7) is 0.389. The lowest BCUT2D eigenvalue weighted by molar-refractivity contribution is -0.137. The standard InChI is InChI=1S/C31H22Cl2F3N3O2/c1-38(25-12-9-20(10-13-25)22-3-2-4-23(15-22)31(34,35)36)30-37-28(26-14-11-24(32)16-27(26)33)18-39(30)17-19-5-7-21(8-6-19)29(40)41/h2-16,18H,17H2,1H3,(H,40,41). The number of nitrogens with zero attached hydrogens (tertiary/aromatic N) is 3. The topological polar surface area (TPSA) is 58.4 Å². The van der Waals surface area contributed by atoms with Crippen molar-refractivity contribution < 1.29 is 23.1 Å². The lowest BCUT2D eigenvalue weighted by Crippen LogP contribution is -2.16. The van der Waals surface area contributed by atoms with E-state index < -0.39 is 17.7 Å². The van der Waals surface area contributed by atoms with Gasteiger partial charge in [0.25, 0.3) is 0 Å². The minimum absolute atomic E-state index is 0.186. The van der Waals surface area contributed by atoms with Crippen LogP contribution in [0.5, 0.6) is 0 Å². The molecule has 0 aliphatic heterocycles. The molecule has 10 heteroatoms. The van der Waals surface area contributed by atoms with Crippen molar-refractivity contribution in [3.8, 4) is 22.4 Å². The highest BCUT2D eigenvalue weighted by Crippen LogP contribution is 2.35. The summed E-state index contributed by atoms with van der Waals surface area (Å²) in [6.07, 6.45) is -2.57. The molecule has 4 aromatic carbocycles. The molecule has 0 aliphatic carbocycles. The Morgan fingerprint density at radius 2 is 1.63 bits per heavy atom. The predicted octanol–water partition coefficient (Wildman–Crippen LogP) is 9.06. The number of carboxylic acid groups (broad SMARTS) is 1. The zero-order valence-corrected chi connectivity index (χ0v) is 23.0. The first kappa shape index (κ1) is 28.3. The Kier molecular flexibility index (Phi) is 7.80. The van der Waals surface area contributed by atoms with Gasteiger partial charge in [-0.3, -0.25) is 0 Å². The summed E-state index contributed by atoms with van der Waals surface area (Å²) in [5, 5.41) is 10.2. The third-order valence-corrected chi connectivity index (χ3v) is 7.14. The van der Waals surface area contributed by atoms with E-state index >= 15 is 0 Å². The number of hydrogen-bond acceptors (Lipinski definition) is 3. The summed E-state index contributed by atoms with van der Waals surface area (Å²) in [5.74, 6) is -0.437. The minimum Gasteiger partial charge on any atom is -0.478 e. The van der Waals surface area contributed by atoms with Crippen molar-refractivity contribution in [1.29, 1.82) is 0 Å². The predicted molar refractivity (Wildman–Crippen MR) is 155 cm³/mol. The molecule has 5 aromatic rings. The highest BCUT2D eigenvalue weighted by Gasteiger charge is 2.30. The number of anilines is 2. The molecule has 0 radical (unpaired) electrons. The number of carboxylic acids is 1. The molecule has 1 aromatic heterocycles. The van der Waals surface area contributed by atoms with Crippen LogP contribution in [0.2, 0.25) is 10.0 Å². The van der Waals surface area contributed by atoms with E-state index in [4.69, 9.17) is 28.2 Å². The van der Waals surface area contributed by atoms with Gasteiger partial charge >= 0.3 is 12.1 Å². The SMILES string of the molecule is CN(c1ccc(-c2cccc(C(F)(F)F)c2)cc1)c1nc(-c2ccc(Cl)cc2Cl)cn1Cc1ccc(C(=O)O)cc1. The van der Waals surface area contributed by atoms with Crippen LogP contribution in [0.25, 0.3) is 22.4 Å².